The highest BCUT2D eigenvalue weighted by molar-refractivity contribution is 6.55. The summed E-state index contributed by atoms with van der Waals surface area (Å²) in [7, 11) is -0.599. The first kappa shape index (κ1) is 21.0. The lowest BCUT2D eigenvalue weighted by molar-refractivity contribution is 0.0801. The van der Waals surface area contributed by atoms with E-state index in [2.05, 4.69) is 23.2 Å². The number of aldehydes is 1. The molecule has 6 nitrogen and oxygen atoms in total. The molecule has 0 aliphatic rings. The second kappa shape index (κ2) is 9.68. The van der Waals surface area contributed by atoms with Gasteiger partial charge in [-0.2, -0.15) is 5.10 Å². The van der Waals surface area contributed by atoms with Crippen molar-refractivity contribution in [2.45, 2.75) is 25.9 Å². The third-order valence-electron chi connectivity index (χ3n) is 5.00. The first-order valence-corrected chi connectivity index (χ1v) is 13.5. The summed E-state index contributed by atoms with van der Waals surface area (Å²) in [6.45, 7) is 5.85. The zero-order valence-electron chi connectivity index (χ0n) is 17.7. The second-order valence-corrected chi connectivity index (χ2v) is 11.2. The number of rotatable bonds is 9. The van der Waals surface area contributed by atoms with Crippen molar-refractivity contribution >= 4 is 25.9 Å². The number of nitrogens with zero attached hydrogens (tertiary/aromatic N) is 3. The van der Waals surface area contributed by atoms with Crippen LogP contribution in [0.4, 0.5) is 0 Å². The van der Waals surface area contributed by atoms with Crippen molar-refractivity contribution in [3.05, 3.63) is 72.6 Å². The second-order valence-electron chi connectivity index (χ2n) is 7.81. The Kier molecular flexibility index (Phi) is 6.54. The fourth-order valence-electron chi connectivity index (χ4n) is 3.24. The predicted molar refractivity (Wildman–Crippen MR) is 125 cm³/mol. The Labute approximate surface area is 183 Å². The molecule has 0 aliphatic carbocycles. The van der Waals surface area contributed by atoms with E-state index in [0.717, 1.165) is 41.0 Å². The number of pyridine rings is 1. The van der Waals surface area contributed by atoms with Gasteiger partial charge in [-0.05, 0) is 47.1 Å². The van der Waals surface area contributed by atoms with Gasteiger partial charge >= 0.3 is 0 Å². The third-order valence-corrected chi connectivity index (χ3v) is 6.39. The lowest BCUT2D eigenvalue weighted by Gasteiger charge is -2.10. The molecule has 2 aromatic heterocycles. The predicted octanol–water partition coefficient (Wildman–Crippen LogP) is 5.16. The van der Waals surface area contributed by atoms with Crippen LogP contribution in [0, 0.1) is 0 Å². The van der Waals surface area contributed by atoms with Gasteiger partial charge in [-0.3, -0.25) is 4.79 Å². The SMILES string of the molecule is C[SiH](C)CCOCn1nccc1-c1ccc(Oc2ccc3cc(C=O)ccc3c2)nc1. The molecule has 4 rings (SSSR count). The maximum atomic E-state index is 10.9. The highest BCUT2D eigenvalue weighted by atomic mass is 28.3. The zero-order chi connectivity index (χ0) is 21.6. The van der Waals surface area contributed by atoms with Gasteiger partial charge in [0.2, 0.25) is 5.88 Å². The largest absolute Gasteiger partial charge is 0.439 e. The van der Waals surface area contributed by atoms with Crippen molar-refractivity contribution in [3.8, 4) is 22.9 Å². The maximum Gasteiger partial charge on any atom is 0.219 e. The molecule has 0 amide bonds. The molecule has 0 aliphatic heterocycles. The van der Waals surface area contributed by atoms with Crippen LogP contribution in [-0.4, -0.2) is 36.5 Å². The number of carbonyl (C=O) groups is 1. The fourth-order valence-corrected chi connectivity index (χ4v) is 3.88. The maximum absolute atomic E-state index is 10.9. The molecule has 0 fully saturated rings. The van der Waals surface area contributed by atoms with Crippen LogP contribution in [-0.2, 0) is 11.5 Å². The molecule has 0 bridgehead atoms. The van der Waals surface area contributed by atoms with E-state index < -0.39 is 8.80 Å². The van der Waals surface area contributed by atoms with Crippen LogP contribution in [0.25, 0.3) is 22.0 Å². The quantitative estimate of drug-likeness (QED) is 0.208. The number of carbonyl (C=O) groups excluding carboxylic acids is 1. The summed E-state index contributed by atoms with van der Waals surface area (Å²) < 4.78 is 13.5. The van der Waals surface area contributed by atoms with E-state index in [1.807, 2.05) is 53.2 Å². The summed E-state index contributed by atoms with van der Waals surface area (Å²) in [5.41, 5.74) is 2.56. The molecule has 4 aromatic rings. The number of ether oxygens (including phenoxy) is 2. The van der Waals surface area contributed by atoms with Crippen LogP contribution >= 0.6 is 0 Å². The number of fused-ring (bicyclic) bond motifs is 1. The molecule has 158 valence electrons. The summed E-state index contributed by atoms with van der Waals surface area (Å²) in [6.07, 6.45) is 4.40. The van der Waals surface area contributed by atoms with E-state index >= 15 is 0 Å². The van der Waals surface area contributed by atoms with Gasteiger partial charge in [0.25, 0.3) is 0 Å². The average molecular weight is 432 g/mol. The van der Waals surface area contributed by atoms with Gasteiger partial charge < -0.3 is 9.47 Å². The summed E-state index contributed by atoms with van der Waals surface area (Å²) in [6, 6.07) is 18.2. The Bertz CT molecular complexity index is 1170. The fraction of sp³-hybridized carbons (Fsp3) is 0.208. The van der Waals surface area contributed by atoms with Gasteiger partial charge in [-0.25, -0.2) is 9.67 Å². The van der Waals surface area contributed by atoms with E-state index in [-0.39, 0.29) is 0 Å². The van der Waals surface area contributed by atoms with Crippen LogP contribution < -0.4 is 4.74 Å². The lowest BCUT2D eigenvalue weighted by Crippen LogP contribution is -2.10. The van der Waals surface area contributed by atoms with Crippen LogP contribution in [0.2, 0.25) is 19.1 Å². The zero-order valence-corrected chi connectivity index (χ0v) is 18.8. The minimum atomic E-state index is -0.599. The minimum absolute atomic E-state index is 0.435. The van der Waals surface area contributed by atoms with Gasteiger partial charge in [-0.15, -0.1) is 0 Å². The van der Waals surface area contributed by atoms with Gasteiger partial charge in [-0.1, -0.05) is 31.3 Å². The van der Waals surface area contributed by atoms with Crippen molar-refractivity contribution in [1.82, 2.24) is 14.8 Å². The standard InChI is InChI=1S/C24H25N3O3Si/c1-31(2)12-11-29-17-27-23(9-10-26-27)21-6-8-24(25-15-21)30-22-7-5-19-13-18(16-28)3-4-20(19)14-22/h3-10,13-16,31H,11-12,17H2,1-2H3. The van der Waals surface area contributed by atoms with Crippen LogP contribution in [0.5, 0.6) is 11.6 Å². The third kappa shape index (κ3) is 5.25. The monoisotopic (exact) mass is 431 g/mol. The van der Waals surface area contributed by atoms with Crippen molar-refractivity contribution in [2.24, 2.45) is 0 Å². The molecule has 2 heterocycles. The summed E-state index contributed by atoms with van der Waals surface area (Å²) in [4.78, 5) is 15.4. The van der Waals surface area contributed by atoms with Gasteiger partial charge in [0.15, 0.2) is 0 Å². The average Bonchev–Trinajstić information content (AvgIpc) is 3.25. The normalized spacial score (nSPS) is 11.2. The topological polar surface area (TPSA) is 66.2 Å². The Hall–Kier alpha value is -3.29. The van der Waals surface area contributed by atoms with Crippen molar-refractivity contribution in [2.75, 3.05) is 6.61 Å². The molecule has 0 saturated carbocycles. The molecule has 0 atom stereocenters. The van der Waals surface area contributed by atoms with Gasteiger partial charge in [0.1, 0.15) is 18.8 Å². The van der Waals surface area contributed by atoms with E-state index in [4.69, 9.17) is 9.47 Å². The van der Waals surface area contributed by atoms with E-state index in [1.54, 1.807) is 18.5 Å². The Morgan fingerprint density at radius 2 is 1.87 bits per heavy atom. The molecule has 2 aromatic carbocycles. The Morgan fingerprint density at radius 1 is 1.03 bits per heavy atom. The number of hydrogen-bond acceptors (Lipinski definition) is 5. The van der Waals surface area contributed by atoms with E-state index in [9.17, 15) is 4.79 Å². The summed E-state index contributed by atoms with van der Waals surface area (Å²) in [5.74, 6) is 1.20. The highest BCUT2D eigenvalue weighted by Gasteiger charge is 2.08. The highest BCUT2D eigenvalue weighted by Crippen LogP contribution is 2.27. The van der Waals surface area contributed by atoms with Gasteiger partial charge in [0, 0.05) is 45.0 Å². The smallest absolute Gasteiger partial charge is 0.219 e. The lowest BCUT2D eigenvalue weighted by atomic mass is 10.1. The van der Waals surface area contributed by atoms with Crippen LogP contribution in [0.1, 0.15) is 10.4 Å². The van der Waals surface area contributed by atoms with Crippen molar-refractivity contribution in [3.63, 3.8) is 0 Å². The number of benzene rings is 2. The first-order valence-electron chi connectivity index (χ1n) is 10.4. The molecule has 0 N–H and O–H groups in total. The van der Waals surface area contributed by atoms with Gasteiger partial charge in [0.05, 0.1) is 5.69 Å². The first-order chi connectivity index (χ1) is 15.1. The Balaban J connectivity index is 1.44. The van der Waals surface area contributed by atoms with E-state index in [0.29, 0.717) is 23.9 Å². The Morgan fingerprint density at radius 3 is 2.65 bits per heavy atom. The number of aromatic nitrogens is 3. The minimum Gasteiger partial charge on any atom is -0.439 e. The summed E-state index contributed by atoms with van der Waals surface area (Å²) >= 11 is 0. The molecule has 0 unspecified atom stereocenters. The number of hydrogen-bond donors (Lipinski definition) is 0. The summed E-state index contributed by atoms with van der Waals surface area (Å²) in [5, 5.41) is 6.36. The van der Waals surface area contributed by atoms with Crippen LogP contribution in [0.15, 0.2) is 67.0 Å². The van der Waals surface area contributed by atoms with Crippen molar-refractivity contribution < 1.29 is 14.3 Å². The molecular formula is C24H25N3O3Si. The molecule has 0 radical (unpaired) electrons. The van der Waals surface area contributed by atoms with Crippen molar-refractivity contribution in [1.29, 1.82) is 0 Å². The molecular weight excluding hydrogens is 406 g/mol. The molecule has 0 saturated heterocycles. The van der Waals surface area contributed by atoms with Crippen LogP contribution in [0.3, 0.4) is 0 Å². The molecule has 7 heteroatoms. The van der Waals surface area contributed by atoms with E-state index in [1.165, 1.54) is 0 Å². The molecule has 0 spiro atoms. The molecule has 31 heavy (non-hydrogen) atoms.